The molecule has 178 valence electrons. The van der Waals surface area contributed by atoms with Gasteiger partial charge >= 0.3 is 12.1 Å². The zero-order valence-corrected chi connectivity index (χ0v) is 17.6. The van der Waals surface area contributed by atoms with E-state index in [4.69, 9.17) is 9.90 Å². The Morgan fingerprint density at radius 3 is 2.30 bits per heavy atom. The molecule has 1 aromatic carbocycles. The molecule has 3 heterocycles. The minimum atomic E-state index is -5.08. The molecule has 12 heteroatoms. The number of alkyl halides is 3. The molecule has 2 atom stereocenters. The number of carboxylic acid groups (broad SMARTS) is 1. The van der Waals surface area contributed by atoms with Crippen molar-refractivity contribution < 1.29 is 32.3 Å². The Bertz CT molecular complexity index is 1020. The number of halogens is 4. The van der Waals surface area contributed by atoms with E-state index in [1.54, 1.807) is 0 Å². The van der Waals surface area contributed by atoms with Crippen LogP contribution in [0.3, 0.4) is 0 Å². The summed E-state index contributed by atoms with van der Waals surface area (Å²) in [5, 5.41) is 18.6. The summed E-state index contributed by atoms with van der Waals surface area (Å²) in [7, 11) is 0. The first-order chi connectivity index (χ1) is 15.6. The lowest BCUT2D eigenvalue weighted by Crippen LogP contribution is -2.33. The van der Waals surface area contributed by atoms with Gasteiger partial charge in [0.05, 0.1) is 0 Å². The maximum absolute atomic E-state index is 13.1. The summed E-state index contributed by atoms with van der Waals surface area (Å²) >= 11 is 0. The van der Waals surface area contributed by atoms with Gasteiger partial charge in [-0.2, -0.15) is 13.2 Å². The molecule has 1 amide bonds. The number of likely N-dealkylation sites (tertiary alicyclic amines) is 1. The van der Waals surface area contributed by atoms with Gasteiger partial charge in [0.1, 0.15) is 11.6 Å². The number of aromatic nitrogens is 3. The molecular formula is C21H23F4N5O3. The molecule has 2 unspecified atom stereocenters. The van der Waals surface area contributed by atoms with Crippen molar-refractivity contribution in [3.05, 3.63) is 47.3 Å². The molecule has 0 spiro atoms. The minimum absolute atomic E-state index is 0.0918. The SMILES string of the molecule is O=C(NC1CC1)c1nnc2n1CC1CN(Cc3ccc(F)cc3)CC1C2.O=C(O)C(F)(F)F. The number of rotatable bonds is 4. The molecule has 2 fully saturated rings. The predicted octanol–water partition coefficient (Wildman–Crippen LogP) is 2.25. The molecule has 5 rings (SSSR count). The lowest BCUT2D eigenvalue weighted by atomic mass is 9.89. The molecular weight excluding hydrogens is 446 g/mol. The van der Waals surface area contributed by atoms with E-state index in [2.05, 4.69) is 20.4 Å². The van der Waals surface area contributed by atoms with Crippen LogP contribution in [-0.2, 0) is 24.3 Å². The second kappa shape index (κ2) is 9.08. The molecule has 0 radical (unpaired) electrons. The fraction of sp³-hybridized carbons (Fsp3) is 0.524. The highest BCUT2D eigenvalue weighted by Gasteiger charge is 2.40. The monoisotopic (exact) mass is 469 g/mol. The second-order valence-corrected chi connectivity index (χ2v) is 8.65. The second-order valence-electron chi connectivity index (χ2n) is 8.65. The Balaban J connectivity index is 0.000000325. The van der Waals surface area contributed by atoms with Gasteiger partial charge in [0.2, 0.25) is 5.82 Å². The number of fused-ring (bicyclic) bond motifs is 2. The normalized spacial score (nSPS) is 22.1. The van der Waals surface area contributed by atoms with Crippen LogP contribution in [0.1, 0.15) is 34.8 Å². The number of carboxylic acids is 1. The standard InChI is InChI=1S/C19H22FN5O.C2HF3O2/c20-15-3-1-12(2-4-15)8-24-9-13-7-17-22-23-18(19(26)21-16-5-6-16)25(17)11-14(13)10-24;3-2(4,5)1(6)7/h1-4,13-14,16H,5-11H2,(H,21,26);(H,6,7). The zero-order valence-electron chi connectivity index (χ0n) is 17.6. The number of hydrogen-bond donors (Lipinski definition) is 2. The summed E-state index contributed by atoms with van der Waals surface area (Å²) in [4.78, 5) is 23.7. The van der Waals surface area contributed by atoms with Crippen LogP contribution in [0.25, 0.3) is 0 Å². The van der Waals surface area contributed by atoms with Gasteiger partial charge in [0.15, 0.2) is 0 Å². The number of aliphatic carboxylic acids is 1. The third-order valence-electron chi connectivity index (χ3n) is 6.02. The lowest BCUT2D eigenvalue weighted by molar-refractivity contribution is -0.192. The highest BCUT2D eigenvalue weighted by Crippen LogP contribution is 2.33. The van der Waals surface area contributed by atoms with E-state index >= 15 is 0 Å². The van der Waals surface area contributed by atoms with Gasteiger partial charge < -0.3 is 15.0 Å². The molecule has 1 saturated heterocycles. The Hall–Kier alpha value is -3.02. The van der Waals surface area contributed by atoms with Gasteiger partial charge in [0, 0.05) is 38.6 Å². The number of carbonyl (C=O) groups is 2. The van der Waals surface area contributed by atoms with E-state index in [1.807, 2.05) is 16.7 Å². The first-order valence-corrected chi connectivity index (χ1v) is 10.6. The van der Waals surface area contributed by atoms with E-state index in [9.17, 15) is 22.4 Å². The van der Waals surface area contributed by atoms with E-state index in [0.717, 1.165) is 56.8 Å². The number of amides is 1. The largest absolute Gasteiger partial charge is 0.490 e. The number of carbonyl (C=O) groups excluding carboxylic acids is 1. The van der Waals surface area contributed by atoms with Crippen molar-refractivity contribution in [2.45, 2.75) is 44.6 Å². The average Bonchev–Trinajstić information content (AvgIpc) is 3.32. The molecule has 1 aromatic heterocycles. The average molecular weight is 469 g/mol. The Labute approximate surface area is 186 Å². The minimum Gasteiger partial charge on any atom is -0.475 e. The summed E-state index contributed by atoms with van der Waals surface area (Å²) in [5.74, 6) is -0.604. The highest BCUT2D eigenvalue weighted by molar-refractivity contribution is 5.91. The van der Waals surface area contributed by atoms with Gasteiger partial charge in [-0.05, 0) is 42.4 Å². The van der Waals surface area contributed by atoms with Crippen LogP contribution in [0.5, 0.6) is 0 Å². The van der Waals surface area contributed by atoms with E-state index in [1.165, 1.54) is 12.1 Å². The first-order valence-electron chi connectivity index (χ1n) is 10.6. The van der Waals surface area contributed by atoms with Gasteiger partial charge in [0.25, 0.3) is 5.91 Å². The smallest absolute Gasteiger partial charge is 0.475 e. The third-order valence-corrected chi connectivity index (χ3v) is 6.02. The van der Waals surface area contributed by atoms with Crippen molar-refractivity contribution in [2.75, 3.05) is 13.1 Å². The summed E-state index contributed by atoms with van der Waals surface area (Å²) in [6.07, 6.45) is -2.08. The molecule has 2 N–H and O–H groups in total. The maximum atomic E-state index is 13.1. The fourth-order valence-corrected chi connectivity index (χ4v) is 4.24. The maximum Gasteiger partial charge on any atom is 0.490 e. The Morgan fingerprint density at radius 2 is 1.70 bits per heavy atom. The van der Waals surface area contributed by atoms with Crippen LogP contribution < -0.4 is 5.32 Å². The third kappa shape index (κ3) is 5.67. The van der Waals surface area contributed by atoms with Crippen LogP contribution in [-0.4, -0.2) is 62.0 Å². The van der Waals surface area contributed by atoms with Crippen LogP contribution in [0.15, 0.2) is 24.3 Å². The van der Waals surface area contributed by atoms with Crippen LogP contribution in [0.4, 0.5) is 17.6 Å². The van der Waals surface area contributed by atoms with Crippen molar-refractivity contribution in [1.82, 2.24) is 25.0 Å². The summed E-state index contributed by atoms with van der Waals surface area (Å²) in [6.45, 7) is 3.64. The first kappa shape index (κ1) is 23.1. The van der Waals surface area contributed by atoms with Crippen molar-refractivity contribution in [3.8, 4) is 0 Å². The molecule has 2 aliphatic heterocycles. The van der Waals surface area contributed by atoms with Crippen LogP contribution in [0.2, 0.25) is 0 Å². The molecule has 0 bridgehead atoms. The number of benzene rings is 1. The molecule has 3 aliphatic rings. The van der Waals surface area contributed by atoms with Crippen molar-refractivity contribution >= 4 is 11.9 Å². The topological polar surface area (TPSA) is 100 Å². The van der Waals surface area contributed by atoms with Crippen molar-refractivity contribution in [3.63, 3.8) is 0 Å². The number of hydrogen-bond acceptors (Lipinski definition) is 5. The Kier molecular flexibility index (Phi) is 6.37. The zero-order chi connectivity index (χ0) is 23.8. The van der Waals surface area contributed by atoms with Gasteiger partial charge in [-0.1, -0.05) is 12.1 Å². The van der Waals surface area contributed by atoms with Crippen molar-refractivity contribution in [1.29, 1.82) is 0 Å². The van der Waals surface area contributed by atoms with Gasteiger partial charge in [-0.15, -0.1) is 10.2 Å². The quantitative estimate of drug-likeness (QED) is 0.667. The molecule has 8 nitrogen and oxygen atoms in total. The Morgan fingerprint density at radius 1 is 1.06 bits per heavy atom. The van der Waals surface area contributed by atoms with E-state index in [-0.39, 0.29) is 11.7 Å². The molecule has 33 heavy (non-hydrogen) atoms. The van der Waals surface area contributed by atoms with Crippen LogP contribution in [0, 0.1) is 17.7 Å². The van der Waals surface area contributed by atoms with E-state index < -0.39 is 12.1 Å². The van der Waals surface area contributed by atoms with E-state index in [0.29, 0.717) is 23.7 Å². The van der Waals surface area contributed by atoms with Crippen LogP contribution >= 0.6 is 0 Å². The summed E-state index contributed by atoms with van der Waals surface area (Å²) < 4.78 is 46.8. The summed E-state index contributed by atoms with van der Waals surface area (Å²) in [6, 6.07) is 7.07. The predicted molar refractivity (Wildman–Crippen MR) is 107 cm³/mol. The molecule has 2 aromatic rings. The van der Waals surface area contributed by atoms with Gasteiger partial charge in [-0.3, -0.25) is 9.69 Å². The summed E-state index contributed by atoms with van der Waals surface area (Å²) in [5.41, 5.74) is 1.13. The van der Waals surface area contributed by atoms with Gasteiger partial charge in [-0.25, -0.2) is 9.18 Å². The fourth-order valence-electron chi connectivity index (χ4n) is 4.24. The number of nitrogens with zero attached hydrogens (tertiary/aromatic N) is 4. The highest BCUT2D eigenvalue weighted by atomic mass is 19.4. The van der Waals surface area contributed by atoms with Crippen molar-refractivity contribution in [2.24, 2.45) is 11.8 Å². The number of nitrogens with one attached hydrogen (secondary N) is 1. The molecule has 1 aliphatic carbocycles. The molecule has 1 saturated carbocycles. The lowest BCUT2D eigenvalue weighted by Gasteiger charge is -2.25.